The van der Waals surface area contributed by atoms with Crippen LogP contribution in [0.1, 0.15) is 22.8 Å². The van der Waals surface area contributed by atoms with Crippen molar-refractivity contribution in [3.63, 3.8) is 0 Å². The minimum absolute atomic E-state index is 0.0183. The normalized spacial score (nSPS) is 15.5. The molecule has 3 aromatic carbocycles. The molecular formula is C23H16F3N3O3S2. The Bertz CT molecular complexity index is 1570. The highest BCUT2D eigenvalue weighted by Crippen LogP contribution is 2.37. The molecule has 2 heterocycles. The van der Waals surface area contributed by atoms with Gasteiger partial charge in [0.15, 0.2) is 22.6 Å². The van der Waals surface area contributed by atoms with E-state index < -0.39 is 38.9 Å². The molecule has 174 valence electrons. The van der Waals surface area contributed by atoms with E-state index in [-0.39, 0.29) is 26.3 Å². The summed E-state index contributed by atoms with van der Waals surface area (Å²) in [6.07, 6.45) is 0.574. The first-order chi connectivity index (χ1) is 16.2. The van der Waals surface area contributed by atoms with Crippen molar-refractivity contribution < 1.29 is 26.4 Å². The average Bonchev–Trinajstić information content (AvgIpc) is 3.37. The number of benzene rings is 3. The highest BCUT2D eigenvalue weighted by Gasteiger charge is 2.36. The van der Waals surface area contributed by atoms with Gasteiger partial charge in [0.05, 0.1) is 15.3 Å². The summed E-state index contributed by atoms with van der Waals surface area (Å²) in [5, 5.41) is 2.35. The number of carbonyl (C=O) groups is 1. The number of hydrogen-bond donors (Lipinski definition) is 1. The number of rotatable bonds is 4. The number of nitrogens with one attached hydrogen (secondary N) is 1. The first-order valence-electron chi connectivity index (χ1n) is 10.1. The monoisotopic (exact) mass is 503 g/mol. The van der Waals surface area contributed by atoms with Crippen LogP contribution in [0.2, 0.25) is 0 Å². The number of amides is 1. The maximum Gasteiger partial charge on any atom is 0.264 e. The van der Waals surface area contributed by atoms with Crippen LogP contribution < -0.4 is 9.62 Å². The molecule has 6 nitrogen and oxygen atoms in total. The zero-order valence-corrected chi connectivity index (χ0v) is 19.2. The molecule has 0 saturated carbocycles. The molecule has 0 bridgehead atoms. The fraction of sp³-hybridized carbons (Fsp3) is 0.130. The van der Waals surface area contributed by atoms with Gasteiger partial charge in [-0.15, -0.1) is 0 Å². The SMILES string of the molecule is C[C@H]1Cc2ccccc2N1S(=O)(=O)c1cccc(C(=O)Nc2nc3c(F)c(F)c(F)cc3s2)c1. The average molecular weight is 504 g/mol. The van der Waals surface area contributed by atoms with Gasteiger partial charge in [0.2, 0.25) is 0 Å². The quantitative estimate of drug-likeness (QED) is 0.393. The van der Waals surface area contributed by atoms with Gasteiger partial charge in [0.25, 0.3) is 15.9 Å². The lowest BCUT2D eigenvalue weighted by Crippen LogP contribution is -2.35. The Kier molecular flexibility index (Phi) is 5.33. The summed E-state index contributed by atoms with van der Waals surface area (Å²) in [5.74, 6) is -5.15. The number of thiazole rings is 1. The van der Waals surface area contributed by atoms with Gasteiger partial charge in [-0.25, -0.2) is 26.6 Å². The molecular weight excluding hydrogens is 487 g/mol. The molecule has 1 aromatic heterocycles. The number of carbonyl (C=O) groups excluding carboxylic acids is 1. The molecule has 34 heavy (non-hydrogen) atoms. The van der Waals surface area contributed by atoms with Gasteiger partial charge in [-0.1, -0.05) is 35.6 Å². The Labute approximate surface area is 196 Å². The number of halogens is 3. The number of sulfonamides is 1. The highest BCUT2D eigenvalue weighted by atomic mass is 32.2. The maximum atomic E-state index is 13.9. The third-order valence-electron chi connectivity index (χ3n) is 5.54. The van der Waals surface area contributed by atoms with E-state index in [1.165, 1.54) is 28.6 Å². The van der Waals surface area contributed by atoms with E-state index in [1.807, 2.05) is 19.1 Å². The van der Waals surface area contributed by atoms with Crippen molar-refractivity contribution in [1.82, 2.24) is 4.98 Å². The molecule has 0 aliphatic carbocycles. The van der Waals surface area contributed by atoms with Crippen LogP contribution in [-0.2, 0) is 16.4 Å². The summed E-state index contributed by atoms with van der Waals surface area (Å²) in [7, 11) is -3.96. The smallest absolute Gasteiger partial charge is 0.264 e. The van der Waals surface area contributed by atoms with E-state index in [9.17, 15) is 26.4 Å². The van der Waals surface area contributed by atoms with E-state index >= 15 is 0 Å². The number of aromatic nitrogens is 1. The molecule has 4 aromatic rings. The Hall–Kier alpha value is -3.44. The van der Waals surface area contributed by atoms with Gasteiger partial charge in [-0.05, 0) is 49.2 Å². The zero-order chi connectivity index (χ0) is 24.2. The molecule has 0 saturated heterocycles. The van der Waals surface area contributed by atoms with Gasteiger partial charge < -0.3 is 0 Å². The summed E-state index contributed by atoms with van der Waals surface area (Å²) in [6.45, 7) is 1.81. The third-order valence-corrected chi connectivity index (χ3v) is 8.38. The van der Waals surface area contributed by atoms with Crippen LogP contribution in [0.3, 0.4) is 0 Å². The molecule has 5 rings (SSSR count). The van der Waals surface area contributed by atoms with Crippen molar-refractivity contribution in [2.75, 3.05) is 9.62 Å². The Morgan fingerprint density at radius 1 is 1.09 bits per heavy atom. The van der Waals surface area contributed by atoms with Crippen LogP contribution in [-0.4, -0.2) is 25.4 Å². The topological polar surface area (TPSA) is 79.4 Å². The van der Waals surface area contributed by atoms with Crippen molar-refractivity contribution >= 4 is 48.3 Å². The molecule has 1 N–H and O–H groups in total. The van der Waals surface area contributed by atoms with Crippen molar-refractivity contribution in [2.45, 2.75) is 24.3 Å². The highest BCUT2D eigenvalue weighted by molar-refractivity contribution is 7.92. The van der Waals surface area contributed by atoms with Crippen LogP contribution in [0, 0.1) is 17.5 Å². The number of hydrogen-bond acceptors (Lipinski definition) is 5. The lowest BCUT2D eigenvalue weighted by molar-refractivity contribution is 0.102. The minimum atomic E-state index is -3.96. The molecule has 1 aliphatic rings. The summed E-state index contributed by atoms with van der Waals surface area (Å²) < 4.78 is 69.1. The van der Waals surface area contributed by atoms with Crippen molar-refractivity contribution in [2.24, 2.45) is 0 Å². The lowest BCUT2D eigenvalue weighted by atomic mass is 10.1. The van der Waals surface area contributed by atoms with E-state index in [0.29, 0.717) is 12.1 Å². The van der Waals surface area contributed by atoms with Crippen LogP contribution in [0.15, 0.2) is 59.5 Å². The molecule has 0 spiro atoms. The number of nitrogens with zero attached hydrogens (tertiary/aromatic N) is 2. The summed E-state index contributed by atoms with van der Waals surface area (Å²) in [5.41, 5.74) is 1.14. The third kappa shape index (κ3) is 3.61. The van der Waals surface area contributed by atoms with Crippen molar-refractivity contribution in [3.05, 3.63) is 83.2 Å². The first kappa shape index (κ1) is 22.4. The molecule has 1 atom stereocenters. The Morgan fingerprint density at radius 2 is 1.85 bits per heavy atom. The van der Waals surface area contributed by atoms with E-state index in [0.717, 1.165) is 23.0 Å². The van der Waals surface area contributed by atoms with E-state index in [2.05, 4.69) is 10.3 Å². The van der Waals surface area contributed by atoms with Gasteiger partial charge in [-0.3, -0.25) is 14.4 Å². The van der Waals surface area contributed by atoms with Gasteiger partial charge in [0, 0.05) is 11.6 Å². The summed E-state index contributed by atoms with van der Waals surface area (Å²) in [6, 6.07) is 13.2. The van der Waals surface area contributed by atoms with Gasteiger partial charge >= 0.3 is 0 Å². The second kappa shape index (κ2) is 8.10. The predicted molar refractivity (Wildman–Crippen MR) is 123 cm³/mol. The number of anilines is 2. The van der Waals surface area contributed by atoms with Crippen LogP contribution in [0.4, 0.5) is 24.0 Å². The Balaban J connectivity index is 1.45. The van der Waals surface area contributed by atoms with E-state index in [4.69, 9.17) is 0 Å². The van der Waals surface area contributed by atoms with Crippen LogP contribution in [0.5, 0.6) is 0 Å². The van der Waals surface area contributed by atoms with E-state index in [1.54, 1.807) is 12.1 Å². The molecule has 1 aliphatic heterocycles. The molecule has 11 heteroatoms. The molecule has 0 radical (unpaired) electrons. The minimum Gasteiger partial charge on any atom is -0.298 e. The fourth-order valence-electron chi connectivity index (χ4n) is 4.01. The number of para-hydroxylation sites is 1. The lowest BCUT2D eigenvalue weighted by Gasteiger charge is -2.24. The number of fused-ring (bicyclic) bond motifs is 2. The van der Waals surface area contributed by atoms with Crippen LogP contribution in [0.25, 0.3) is 10.2 Å². The van der Waals surface area contributed by atoms with Gasteiger partial charge in [-0.2, -0.15) is 0 Å². The van der Waals surface area contributed by atoms with Crippen LogP contribution >= 0.6 is 11.3 Å². The second-order valence-electron chi connectivity index (χ2n) is 7.82. The summed E-state index contributed by atoms with van der Waals surface area (Å²) >= 11 is 0.764. The molecule has 0 unspecified atom stereocenters. The molecule has 1 amide bonds. The van der Waals surface area contributed by atoms with Crippen molar-refractivity contribution in [1.29, 1.82) is 0 Å². The maximum absolute atomic E-state index is 13.9. The molecule has 0 fully saturated rings. The zero-order valence-electron chi connectivity index (χ0n) is 17.6. The Morgan fingerprint density at radius 3 is 2.65 bits per heavy atom. The fourth-order valence-corrected chi connectivity index (χ4v) is 6.63. The standard InChI is InChI=1S/C23H16F3N3O3S2/c1-12-9-13-5-2-3-8-17(13)29(12)34(31,32)15-7-4-6-14(10-15)22(30)28-23-27-21-18(33-23)11-16(24)19(25)20(21)26/h2-8,10-12H,9H2,1H3,(H,27,28,30)/t12-/m0/s1. The van der Waals surface area contributed by atoms with Gasteiger partial charge in [0.1, 0.15) is 5.52 Å². The van der Waals surface area contributed by atoms with Crippen molar-refractivity contribution in [3.8, 4) is 0 Å². The first-order valence-corrected chi connectivity index (χ1v) is 12.4. The predicted octanol–water partition coefficient (Wildman–Crippen LogP) is 5.11. The largest absolute Gasteiger partial charge is 0.298 e. The summed E-state index contributed by atoms with van der Waals surface area (Å²) in [4.78, 5) is 16.5. The second-order valence-corrected chi connectivity index (χ2v) is 10.7.